The van der Waals surface area contributed by atoms with Crippen LogP contribution in [0, 0.1) is 0 Å². The fourth-order valence-corrected chi connectivity index (χ4v) is 2.39. The first kappa shape index (κ1) is 8.75. The van der Waals surface area contributed by atoms with Crippen LogP contribution in [0.5, 0.6) is 0 Å². The van der Waals surface area contributed by atoms with Crippen molar-refractivity contribution < 1.29 is 4.79 Å². The van der Waals surface area contributed by atoms with Gasteiger partial charge in [0.15, 0.2) is 0 Å². The van der Waals surface area contributed by atoms with E-state index in [1.807, 2.05) is 6.92 Å². The predicted octanol–water partition coefficient (Wildman–Crippen LogP) is 2.13. The van der Waals surface area contributed by atoms with Crippen molar-refractivity contribution in [3.8, 4) is 0 Å². The molecule has 1 N–H and O–H groups in total. The number of carbonyl (C=O) groups is 1. The molecule has 0 aliphatic heterocycles. The molecule has 2 atom stereocenters. The summed E-state index contributed by atoms with van der Waals surface area (Å²) in [6, 6.07) is 4.62. The lowest BCUT2D eigenvalue weighted by Crippen LogP contribution is -2.25. The number of carbonyl (C=O) groups excluding carboxylic acids is 1. The topological polar surface area (TPSA) is 29.1 Å². The van der Waals surface area contributed by atoms with Crippen molar-refractivity contribution in [2.75, 3.05) is 0 Å². The average molecular weight is 195 g/mol. The van der Waals surface area contributed by atoms with Crippen molar-refractivity contribution >= 4 is 17.2 Å². The van der Waals surface area contributed by atoms with E-state index in [0.717, 1.165) is 6.42 Å². The molecule has 0 aromatic carbocycles. The first-order valence-corrected chi connectivity index (χ1v) is 5.52. The van der Waals surface area contributed by atoms with Gasteiger partial charge in [0.25, 0.3) is 0 Å². The Morgan fingerprint density at radius 3 is 3.23 bits per heavy atom. The number of amides is 1. The largest absolute Gasteiger partial charge is 0.353 e. The van der Waals surface area contributed by atoms with Crippen LogP contribution >= 0.6 is 11.3 Å². The highest BCUT2D eigenvalue weighted by molar-refractivity contribution is 7.10. The Hall–Kier alpha value is -0.830. The molecule has 1 heterocycles. The smallest absolute Gasteiger partial charge is 0.219 e. The first-order chi connectivity index (χ1) is 6.31. The maximum atomic E-state index is 11.1. The highest BCUT2D eigenvalue weighted by Crippen LogP contribution is 2.42. The van der Waals surface area contributed by atoms with Gasteiger partial charge >= 0.3 is 0 Å². The van der Waals surface area contributed by atoms with Gasteiger partial charge in [-0.3, -0.25) is 4.79 Å². The molecule has 0 radical (unpaired) electrons. The molecule has 1 amide bonds. The second-order valence-electron chi connectivity index (χ2n) is 3.39. The van der Waals surface area contributed by atoms with Gasteiger partial charge in [-0.25, -0.2) is 0 Å². The summed E-state index contributed by atoms with van der Waals surface area (Å²) in [5.41, 5.74) is 0. The van der Waals surface area contributed by atoms with E-state index in [1.165, 1.54) is 4.88 Å². The lowest BCUT2D eigenvalue weighted by Gasteiger charge is -2.00. The molecule has 1 aromatic heterocycles. The van der Waals surface area contributed by atoms with E-state index in [-0.39, 0.29) is 5.91 Å². The Bertz CT molecular complexity index is 294. The second-order valence-corrected chi connectivity index (χ2v) is 4.36. The number of thiophene rings is 1. The molecule has 1 aromatic rings. The molecular weight excluding hydrogens is 182 g/mol. The fraction of sp³-hybridized carbons (Fsp3) is 0.500. The standard InChI is InChI=1S/C10H13NOS/c1-2-10(12)11-8-6-7(8)9-4-3-5-13-9/h3-5,7-8H,2,6H2,1H3,(H,11,12). The predicted molar refractivity (Wildman–Crippen MR) is 53.9 cm³/mol. The minimum atomic E-state index is 0.170. The Balaban J connectivity index is 1.86. The Morgan fingerprint density at radius 1 is 1.77 bits per heavy atom. The summed E-state index contributed by atoms with van der Waals surface area (Å²) in [4.78, 5) is 12.5. The van der Waals surface area contributed by atoms with E-state index in [1.54, 1.807) is 11.3 Å². The molecule has 70 valence electrons. The summed E-state index contributed by atoms with van der Waals surface area (Å²) in [6.07, 6.45) is 1.71. The Morgan fingerprint density at radius 2 is 2.62 bits per heavy atom. The molecule has 1 aliphatic rings. The van der Waals surface area contributed by atoms with Crippen molar-refractivity contribution in [3.63, 3.8) is 0 Å². The van der Waals surface area contributed by atoms with Crippen LogP contribution in [0.2, 0.25) is 0 Å². The van der Waals surface area contributed by atoms with Crippen molar-refractivity contribution in [2.24, 2.45) is 0 Å². The monoisotopic (exact) mass is 195 g/mol. The zero-order chi connectivity index (χ0) is 9.26. The third kappa shape index (κ3) is 1.91. The summed E-state index contributed by atoms with van der Waals surface area (Å²) < 4.78 is 0. The van der Waals surface area contributed by atoms with E-state index < -0.39 is 0 Å². The summed E-state index contributed by atoms with van der Waals surface area (Å²) in [6.45, 7) is 1.89. The highest BCUT2D eigenvalue weighted by Gasteiger charge is 2.39. The lowest BCUT2D eigenvalue weighted by atomic mass is 10.3. The number of hydrogen-bond donors (Lipinski definition) is 1. The van der Waals surface area contributed by atoms with Gasteiger partial charge in [0.05, 0.1) is 0 Å². The maximum Gasteiger partial charge on any atom is 0.219 e. The Labute approximate surface area is 82.0 Å². The molecule has 1 fully saturated rings. The molecule has 0 bridgehead atoms. The fourth-order valence-electron chi connectivity index (χ4n) is 1.48. The molecule has 13 heavy (non-hydrogen) atoms. The minimum Gasteiger partial charge on any atom is -0.353 e. The molecule has 0 spiro atoms. The van der Waals surface area contributed by atoms with Gasteiger partial charge in [-0.15, -0.1) is 11.3 Å². The highest BCUT2D eigenvalue weighted by atomic mass is 32.1. The number of rotatable bonds is 3. The van der Waals surface area contributed by atoms with Crippen LogP contribution in [-0.2, 0) is 4.79 Å². The van der Waals surface area contributed by atoms with Gasteiger partial charge < -0.3 is 5.32 Å². The van der Waals surface area contributed by atoms with Crippen LogP contribution in [0.3, 0.4) is 0 Å². The van der Waals surface area contributed by atoms with Crippen LogP contribution in [0.4, 0.5) is 0 Å². The molecule has 2 rings (SSSR count). The molecular formula is C10H13NOS. The van der Waals surface area contributed by atoms with E-state index in [2.05, 4.69) is 22.8 Å². The maximum absolute atomic E-state index is 11.1. The molecule has 1 saturated carbocycles. The van der Waals surface area contributed by atoms with Crippen molar-refractivity contribution in [1.82, 2.24) is 5.32 Å². The van der Waals surface area contributed by atoms with Gasteiger partial charge in [-0.1, -0.05) is 13.0 Å². The molecule has 2 unspecified atom stereocenters. The van der Waals surface area contributed by atoms with Gasteiger partial charge in [0.2, 0.25) is 5.91 Å². The van der Waals surface area contributed by atoms with Crippen LogP contribution in [0.25, 0.3) is 0 Å². The average Bonchev–Trinajstić information content (AvgIpc) is 2.68. The minimum absolute atomic E-state index is 0.170. The van der Waals surface area contributed by atoms with Crippen LogP contribution in [0.1, 0.15) is 30.6 Å². The summed E-state index contributed by atoms with van der Waals surface area (Å²) >= 11 is 1.78. The third-order valence-corrected chi connectivity index (χ3v) is 3.37. The Kier molecular flexibility index (Phi) is 2.36. The third-order valence-electron chi connectivity index (χ3n) is 2.37. The normalized spacial score (nSPS) is 25.6. The SMILES string of the molecule is CCC(=O)NC1CC1c1cccs1. The second kappa shape index (κ2) is 3.50. The van der Waals surface area contributed by atoms with E-state index >= 15 is 0 Å². The van der Waals surface area contributed by atoms with Crippen LogP contribution < -0.4 is 5.32 Å². The van der Waals surface area contributed by atoms with Gasteiger partial charge in [0, 0.05) is 23.3 Å². The van der Waals surface area contributed by atoms with E-state index in [4.69, 9.17) is 0 Å². The van der Waals surface area contributed by atoms with Gasteiger partial charge in [-0.05, 0) is 17.9 Å². The molecule has 3 heteroatoms. The summed E-state index contributed by atoms with van der Waals surface area (Å²) in [7, 11) is 0. The summed E-state index contributed by atoms with van der Waals surface area (Å²) in [5.74, 6) is 0.763. The molecule has 0 saturated heterocycles. The number of nitrogens with one attached hydrogen (secondary N) is 1. The number of hydrogen-bond acceptors (Lipinski definition) is 2. The van der Waals surface area contributed by atoms with E-state index in [9.17, 15) is 4.79 Å². The van der Waals surface area contributed by atoms with Gasteiger partial charge in [0.1, 0.15) is 0 Å². The lowest BCUT2D eigenvalue weighted by molar-refractivity contribution is -0.120. The van der Waals surface area contributed by atoms with Crippen molar-refractivity contribution in [1.29, 1.82) is 0 Å². The quantitative estimate of drug-likeness (QED) is 0.786. The van der Waals surface area contributed by atoms with Crippen molar-refractivity contribution in [3.05, 3.63) is 22.4 Å². The van der Waals surface area contributed by atoms with Gasteiger partial charge in [-0.2, -0.15) is 0 Å². The van der Waals surface area contributed by atoms with Crippen molar-refractivity contribution in [2.45, 2.75) is 31.7 Å². The molecule has 1 aliphatic carbocycles. The zero-order valence-corrected chi connectivity index (χ0v) is 8.43. The van der Waals surface area contributed by atoms with E-state index in [0.29, 0.717) is 18.4 Å². The first-order valence-electron chi connectivity index (χ1n) is 4.64. The van der Waals surface area contributed by atoms with Crippen LogP contribution in [0.15, 0.2) is 17.5 Å². The zero-order valence-electron chi connectivity index (χ0n) is 7.62. The van der Waals surface area contributed by atoms with Crippen LogP contribution in [-0.4, -0.2) is 11.9 Å². The summed E-state index contributed by atoms with van der Waals surface area (Å²) in [5, 5.41) is 5.10. The molecule has 2 nitrogen and oxygen atoms in total.